The second kappa shape index (κ2) is 5.89. The van der Waals surface area contributed by atoms with Crippen molar-refractivity contribution in [2.75, 3.05) is 0 Å². The van der Waals surface area contributed by atoms with Crippen LogP contribution >= 0.6 is 15.9 Å². The van der Waals surface area contributed by atoms with Crippen molar-refractivity contribution in [1.82, 2.24) is 5.32 Å². The summed E-state index contributed by atoms with van der Waals surface area (Å²) in [6.45, 7) is 0. The van der Waals surface area contributed by atoms with Crippen LogP contribution in [0, 0.1) is 0 Å². The van der Waals surface area contributed by atoms with Gasteiger partial charge in [-0.3, -0.25) is 0 Å². The van der Waals surface area contributed by atoms with Crippen LogP contribution in [0.1, 0.15) is 42.5 Å². The smallest absolute Gasteiger partial charge is 0.0337 e. The lowest BCUT2D eigenvalue weighted by atomic mass is 9.90. The van der Waals surface area contributed by atoms with Crippen molar-refractivity contribution in [3.8, 4) is 0 Å². The molecule has 1 nitrogen and oxygen atoms in total. The Morgan fingerprint density at radius 3 is 2.32 bits per heavy atom. The largest absolute Gasteiger partial charge is 0.303 e. The van der Waals surface area contributed by atoms with Crippen molar-refractivity contribution >= 4 is 15.9 Å². The molecule has 19 heavy (non-hydrogen) atoms. The average Bonchev–Trinajstić information content (AvgIpc) is 2.49. The van der Waals surface area contributed by atoms with Gasteiger partial charge >= 0.3 is 0 Å². The van der Waals surface area contributed by atoms with Gasteiger partial charge in [0, 0.05) is 16.6 Å². The molecular formula is C17H18BrN. The standard InChI is InChI=1S/C17H18BrN/c18-15-10-5-4-9-14(15)17-12-6-11-16(19-17)13-7-2-1-3-8-13/h1-5,7-10,16-17,19H,6,11-12H2/t16-,17+/m1/s1. The Balaban J connectivity index is 1.81. The molecule has 0 radical (unpaired) electrons. The van der Waals surface area contributed by atoms with Crippen LogP contribution in [0.15, 0.2) is 59.1 Å². The van der Waals surface area contributed by atoms with Gasteiger partial charge in [-0.2, -0.15) is 0 Å². The van der Waals surface area contributed by atoms with E-state index in [1.165, 1.54) is 34.9 Å². The van der Waals surface area contributed by atoms with E-state index in [4.69, 9.17) is 0 Å². The van der Waals surface area contributed by atoms with Gasteiger partial charge in [-0.05, 0) is 36.5 Å². The summed E-state index contributed by atoms with van der Waals surface area (Å²) in [4.78, 5) is 0. The van der Waals surface area contributed by atoms with E-state index in [0.717, 1.165) is 0 Å². The highest BCUT2D eigenvalue weighted by Gasteiger charge is 2.24. The molecule has 98 valence electrons. The minimum absolute atomic E-state index is 0.453. The number of hydrogen-bond donors (Lipinski definition) is 1. The number of piperidine rings is 1. The quantitative estimate of drug-likeness (QED) is 0.821. The molecule has 0 spiro atoms. The van der Waals surface area contributed by atoms with Gasteiger partial charge in [0.15, 0.2) is 0 Å². The van der Waals surface area contributed by atoms with Gasteiger partial charge in [-0.25, -0.2) is 0 Å². The highest BCUT2D eigenvalue weighted by molar-refractivity contribution is 9.10. The van der Waals surface area contributed by atoms with Gasteiger partial charge in [0.1, 0.15) is 0 Å². The van der Waals surface area contributed by atoms with Crippen LogP contribution in [0.5, 0.6) is 0 Å². The number of halogens is 1. The first-order valence-electron chi connectivity index (χ1n) is 6.90. The molecule has 0 aromatic heterocycles. The molecule has 0 bridgehead atoms. The lowest BCUT2D eigenvalue weighted by molar-refractivity contribution is 0.330. The summed E-state index contributed by atoms with van der Waals surface area (Å²) < 4.78 is 1.21. The van der Waals surface area contributed by atoms with Crippen molar-refractivity contribution in [1.29, 1.82) is 0 Å². The summed E-state index contributed by atoms with van der Waals surface area (Å²) in [6, 6.07) is 20.2. The minimum Gasteiger partial charge on any atom is -0.303 e. The maximum absolute atomic E-state index is 3.80. The maximum Gasteiger partial charge on any atom is 0.0337 e. The van der Waals surface area contributed by atoms with Crippen LogP contribution in [0.4, 0.5) is 0 Å². The fourth-order valence-corrected chi connectivity index (χ4v) is 3.45. The third kappa shape index (κ3) is 2.90. The first kappa shape index (κ1) is 12.9. The molecule has 0 aliphatic carbocycles. The van der Waals surface area contributed by atoms with Crippen molar-refractivity contribution < 1.29 is 0 Å². The molecule has 1 fully saturated rings. The van der Waals surface area contributed by atoms with Crippen molar-refractivity contribution in [3.63, 3.8) is 0 Å². The van der Waals surface area contributed by atoms with Crippen LogP contribution < -0.4 is 5.32 Å². The molecule has 1 aliphatic rings. The molecule has 0 unspecified atom stereocenters. The Morgan fingerprint density at radius 1 is 0.842 bits per heavy atom. The lowest BCUT2D eigenvalue weighted by Gasteiger charge is -2.32. The number of hydrogen-bond acceptors (Lipinski definition) is 1. The van der Waals surface area contributed by atoms with E-state index in [2.05, 4.69) is 75.8 Å². The first-order valence-corrected chi connectivity index (χ1v) is 7.69. The fourth-order valence-electron chi connectivity index (χ4n) is 2.89. The average molecular weight is 316 g/mol. The van der Waals surface area contributed by atoms with E-state index in [1.54, 1.807) is 0 Å². The monoisotopic (exact) mass is 315 g/mol. The van der Waals surface area contributed by atoms with Crippen molar-refractivity contribution in [2.45, 2.75) is 31.3 Å². The topological polar surface area (TPSA) is 12.0 Å². The second-order valence-corrected chi connectivity index (χ2v) is 5.99. The number of nitrogens with one attached hydrogen (secondary N) is 1. The number of rotatable bonds is 2. The Hall–Kier alpha value is -1.12. The van der Waals surface area contributed by atoms with Gasteiger partial charge in [0.05, 0.1) is 0 Å². The SMILES string of the molecule is Brc1ccccc1[C@@H]1CCC[C@H](c2ccccc2)N1. The molecular weight excluding hydrogens is 298 g/mol. The van der Waals surface area contributed by atoms with E-state index < -0.39 is 0 Å². The summed E-state index contributed by atoms with van der Waals surface area (Å²) in [5.41, 5.74) is 2.78. The molecule has 1 aliphatic heterocycles. The molecule has 2 aromatic rings. The Morgan fingerprint density at radius 2 is 1.53 bits per heavy atom. The highest BCUT2D eigenvalue weighted by atomic mass is 79.9. The Bertz CT molecular complexity index is 538. The second-order valence-electron chi connectivity index (χ2n) is 5.13. The van der Waals surface area contributed by atoms with Crippen LogP contribution in [0.3, 0.4) is 0 Å². The normalized spacial score (nSPS) is 23.2. The van der Waals surface area contributed by atoms with E-state index in [-0.39, 0.29) is 0 Å². The first-order chi connectivity index (χ1) is 9.34. The summed E-state index contributed by atoms with van der Waals surface area (Å²) in [7, 11) is 0. The summed E-state index contributed by atoms with van der Waals surface area (Å²) >= 11 is 3.67. The third-order valence-corrected chi connectivity index (χ3v) is 4.59. The van der Waals surface area contributed by atoms with Gasteiger partial charge in [-0.15, -0.1) is 0 Å². The van der Waals surface area contributed by atoms with E-state index in [0.29, 0.717) is 12.1 Å². The van der Waals surface area contributed by atoms with E-state index in [1.807, 2.05) is 0 Å². The van der Waals surface area contributed by atoms with E-state index >= 15 is 0 Å². The fraction of sp³-hybridized carbons (Fsp3) is 0.294. The van der Waals surface area contributed by atoms with Crippen LogP contribution in [0.2, 0.25) is 0 Å². The third-order valence-electron chi connectivity index (χ3n) is 3.87. The van der Waals surface area contributed by atoms with E-state index in [9.17, 15) is 0 Å². The Kier molecular flexibility index (Phi) is 4.00. The summed E-state index contributed by atoms with van der Waals surface area (Å²) in [6.07, 6.45) is 3.72. The molecule has 2 heteroatoms. The molecule has 2 aromatic carbocycles. The predicted octanol–water partition coefficient (Wildman–Crippen LogP) is 5.01. The minimum atomic E-state index is 0.453. The molecule has 2 atom stereocenters. The predicted molar refractivity (Wildman–Crippen MR) is 83.1 cm³/mol. The van der Waals surface area contributed by atoms with Gasteiger partial charge in [0.2, 0.25) is 0 Å². The maximum atomic E-state index is 3.80. The molecule has 3 rings (SSSR count). The van der Waals surface area contributed by atoms with Gasteiger partial charge < -0.3 is 5.32 Å². The van der Waals surface area contributed by atoms with Crippen LogP contribution in [-0.2, 0) is 0 Å². The molecule has 1 saturated heterocycles. The lowest BCUT2D eigenvalue weighted by Crippen LogP contribution is -2.30. The molecule has 1 heterocycles. The van der Waals surface area contributed by atoms with Crippen LogP contribution in [-0.4, -0.2) is 0 Å². The Labute approximate surface area is 123 Å². The van der Waals surface area contributed by atoms with Crippen LogP contribution in [0.25, 0.3) is 0 Å². The molecule has 0 amide bonds. The van der Waals surface area contributed by atoms with Crippen molar-refractivity contribution in [3.05, 3.63) is 70.2 Å². The zero-order chi connectivity index (χ0) is 13.1. The van der Waals surface area contributed by atoms with Gasteiger partial charge in [-0.1, -0.05) is 64.5 Å². The van der Waals surface area contributed by atoms with Crippen molar-refractivity contribution in [2.24, 2.45) is 0 Å². The van der Waals surface area contributed by atoms with Gasteiger partial charge in [0.25, 0.3) is 0 Å². The summed E-state index contributed by atoms with van der Waals surface area (Å²) in [5.74, 6) is 0. The molecule has 1 N–H and O–H groups in total. The zero-order valence-corrected chi connectivity index (χ0v) is 12.4. The zero-order valence-electron chi connectivity index (χ0n) is 10.9. The number of benzene rings is 2. The highest BCUT2D eigenvalue weighted by Crippen LogP contribution is 2.35. The molecule has 0 saturated carbocycles. The summed E-state index contributed by atoms with van der Waals surface area (Å²) in [5, 5.41) is 3.80.